The zero-order valence-corrected chi connectivity index (χ0v) is 41.8. The van der Waals surface area contributed by atoms with Crippen molar-refractivity contribution in [3.8, 4) is 0 Å². The number of carboxylic acids is 1. The number of rotatable bonds is 49. The lowest BCUT2D eigenvalue weighted by Gasteiger charge is -2.20. The van der Waals surface area contributed by atoms with Crippen LogP contribution in [0.25, 0.3) is 0 Å². The van der Waals surface area contributed by atoms with Crippen LogP contribution < -0.4 is 5.73 Å². The van der Waals surface area contributed by atoms with Crippen LogP contribution in [0.4, 0.5) is 0 Å². The highest BCUT2D eigenvalue weighted by Gasteiger charge is 2.28. The van der Waals surface area contributed by atoms with Crippen LogP contribution in [-0.2, 0) is 37.5 Å². The van der Waals surface area contributed by atoms with Crippen LogP contribution in [0.2, 0.25) is 0 Å². The van der Waals surface area contributed by atoms with E-state index in [0.29, 0.717) is 19.3 Å². The lowest BCUT2D eigenvalue weighted by atomic mass is 10.0. The summed E-state index contributed by atoms with van der Waals surface area (Å²) >= 11 is 0. The van der Waals surface area contributed by atoms with Crippen molar-refractivity contribution in [2.75, 3.05) is 19.8 Å². The molecule has 12 heteroatoms. The molecule has 64 heavy (non-hydrogen) atoms. The van der Waals surface area contributed by atoms with E-state index in [-0.39, 0.29) is 19.4 Å². The molecule has 0 aliphatic rings. The minimum absolute atomic E-state index is 0.102. The van der Waals surface area contributed by atoms with E-state index in [2.05, 4.69) is 54.8 Å². The number of unbranched alkanes of at least 4 members (excludes halogenated alkanes) is 29. The van der Waals surface area contributed by atoms with E-state index in [1.54, 1.807) is 0 Å². The summed E-state index contributed by atoms with van der Waals surface area (Å²) in [6.07, 6.45) is 53.7. The van der Waals surface area contributed by atoms with E-state index in [1.165, 1.54) is 161 Å². The normalized spacial score (nSPS) is 13.8. The molecule has 1 unspecified atom stereocenters. The lowest BCUT2D eigenvalue weighted by molar-refractivity contribution is -0.161. The van der Waals surface area contributed by atoms with Crippen LogP contribution in [0.15, 0.2) is 36.5 Å². The smallest absolute Gasteiger partial charge is 0.472 e. The molecule has 0 fully saturated rings. The number of ether oxygens (including phenoxy) is 2. The van der Waals surface area contributed by atoms with Gasteiger partial charge in [0.15, 0.2) is 6.10 Å². The summed E-state index contributed by atoms with van der Waals surface area (Å²) < 4.78 is 32.8. The SMILES string of the molecule is CCCCCC/C=C/CCCCCCCCCCCC(=O)OC[C@@H](COP(=O)(O)OC[C@H](N)C(=O)O)OC(=O)CCC/C=C/CC/C=C/CCCCCCCCCCCCCCCC. The number of allylic oxidation sites excluding steroid dienone is 6. The number of esters is 2. The topological polar surface area (TPSA) is 172 Å². The molecule has 0 amide bonds. The molecule has 0 aromatic rings. The minimum atomic E-state index is -4.73. The number of phosphoric ester groups is 1. The number of aliphatic carboxylic acids is 1. The van der Waals surface area contributed by atoms with Crippen molar-refractivity contribution in [2.24, 2.45) is 5.73 Å². The Morgan fingerprint density at radius 1 is 0.469 bits per heavy atom. The van der Waals surface area contributed by atoms with Crippen molar-refractivity contribution in [1.82, 2.24) is 0 Å². The van der Waals surface area contributed by atoms with Crippen molar-refractivity contribution in [2.45, 2.75) is 257 Å². The fraction of sp³-hybridized carbons (Fsp3) is 0.827. The van der Waals surface area contributed by atoms with Gasteiger partial charge < -0.3 is 25.2 Å². The zero-order chi connectivity index (χ0) is 47.0. The largest absolute Gasteiger partial charge is 0.480 e. The Hall–Kier alpha value is -2.30. The second kappa shape index (κ2) is 47.2. The highest BCUT2D eigenvalue weighted by atomic mass is 31.2. The van der Waals surface area contributed by atoms with Crippen LogP contribution in [0, 0.1) is 0 Å². The van der Waals surface area contributed by atoms with Crippen molar-refractivity contribution in [3.63, 3.8) is 0 Å². The van der Waals surface area contributed by atoms with Gasteiger partial charge in [-0.2, -0.15) is 0 Å². The van der Waals surface area contributed by atoms with Gasteiger partial charge in [0.1, 0.15) is 12.6 Å². The first kappa shape index (κ1) is 61.7. The van der Waals surface area contributed by atoms with Crippen molar-refractivity contribution in [3.05, 3.63) is 36.5 Å². The number of phosphoric acid groups is 1. The number of carbonyl (C=O) groups excluding carboxylic acids is 2. The van der Waals surface area contributed by atoms with E-state index in [9.17, 15) is 23.8 Å². The number of hydrogen-bond donors (Lipinski definition) is 3. The van der Waals surface area contributed by atoms with Gasteiger partial charge in [0.25, 0.3) is 0 Å². The quantitative estimate of drug-likeness (QED) is 0.0229. The fourth-order valence-electron chi connectivity index (χ4n) is 7.26. The molecule has 11 nitrogen and oxygen atoms in total. The molecule has 0 aromatic carbocycles. The molecule has 0 saturated heterocycles. The Balaban J connectivity index is 4.28. The summed E-state index contributed by atoms with van der Waals surface area (Å²) in [5.74, 6) is -2.42. The Bertz CT molecular complexity index is 1220. The predicted molar refractivity (Wildman–Crippen MR) is 263 cm³/mol. The van der Waals surface area contributed by atoms with Crippen LogP contribution in [0.1, 0.15) is 245 Å². The lowest BCUT2D eigenvalue weighted by Crippen LogP contribution is -2.34. The highest BCUT2D eigenvalue weighted by Crippen LogP contribution is 2.43. The Morgan fingerprint density at radius 3 is 1.25 bits per heavy atom. The van der Waals surface area contributed by atoms with Crippen LogP contribution in [0.5, 0.6) is 0 Å². The third kappa shape index (κ3) is 46.2. The average molecular weight is 926 g/mol. The molecule has 0 rings (SSSR count). The Morgan fingerprint density at radius 2 is 0.812 bits per heavy atom. The van der Waals surface area contributed by atoms with E-state index in [0.717, 1.165) is 38.5 Å². The monoisotopic (exact) mass is 926 g/mol. The van der Waals surface area contributed by atoms with Gasteiger partial charge in [0.2, 0.25) is 0 Å². The van der Waals surface area contributed by atoms with E-state index in [1.807, 2.05) is 0 Å². The first-order valence-electron chi connectivity index (χ1n) is 26.0. The third-order valence-corrected chi connectivity index (χ3v) is 12.3. The third-order valence-electron chi connectivity index (χ3n) is 11.3. The molecule has 3 atom stereocenters. The average Bonchev–Trinajstić information content (AvgIpc) is 3.27. The molecule has 0 aromatic heterocycles. The van der Waals surface area contributed by atoms with Crippen LogP contribution in [-0.4, -0.2) is 59.9 Å². The van der Waals surface area contributed by atoms with Gasteiger partial charge in [-0.15, -0.1) is 0 Å². The molecule has 0 saturated carbocycles. The van der Waals surface area contributed by atoms with Gasteiger partial charge in [-0.25, -0.2) is 4.57 Å². The maximum absolute atomic E-state index is 12.7. The minimum Gasteiger partial charge on any atom is -0.480 e. The molecule has 0 bridgehead atoms. The summed E-state index contributed by atoms with van der Waals surface area (Å²) in [6.45, 7) is 2.79. The van der Waals surface area contributed by atoms with Gasteiger partial charge >= 0.3 is 25.7 Å². The van der Waals surface area contributed by atoms with E-state index >= 15 is 0 Å². The second-order valence-electron chi connectivity index (χ2n) is 17.6. The standard InChI is InChI=1S/C52H96NO10P/c1-3-5-7-9-11-13-15-17-19-21-22-23-24-25-26-28-30-32-34-36-38-40-42-44-51(55)63-48(46-61-64(58,59)62-47-49(53)52(56)57)45-60-50(54)43-41-39-37-35-33-31-29-27-20-18-16-14-12-10-8-6-4-2/h14,16,28,30,36,38,48-49H,3-13,15,17-27,29,31-35,37,39-47,53H2,1-2H3,(H,56,57)(H,58,59)/b16-14+,30-28+,38-36+/t48-,49-/m0/s1. The number of hydrogen-bond acceptors (Lipinski definition) is 9. The summed E-state index contributed by atoms with van der Waals surface area (Å²) in [6, 6.07) is -1.53. The molecule has 374 valence electrons. The summed E-state index contributed by atoms with van der Waals surface area (Å²) in [5.41, 5.74) is 5.35. The fourth-order valence-corrected chi connectivity index (χ4v) is 8.04. The molecule has 0 spiro atoms. The molecule has 0 aliphatic heterocycles. The van der Waals surface area contributed by atoms with Gasteiger partial charge in [-0.1, -0.05) is 198 Å². The van der Waals surface area contributed by atoms with Gasteiger partial charge in [0.05, 0.1) is 13.2 Å². The van der Waals surface area contributed by atoms with Crippen molar-refractivity contribution < 1.29 is 47.5 Å². The van der Waals surface area contributed by atoms with Gasteiger partial charge in [0, 0.05) is 12.8 Å². The molecule has 0 heterocycles. The van der Waals surface area contributed by atoms with Crippen molar-refractivity contribution in [1.29, 1.82) is 0 Å². The first-order valence-corrected chi connectivity index (χ1v) is 27.5. The molecular formula is C52H96NO10P. The van der Waals surface area contributed by atoms with Gasteiger partial charge in [-0.05, 0) is 70.6 Å². The summed E-state index contributed by atoms with van der Waals surface area (Å²) in [4.78, 5) is 46.1. The molecule has 4 N–H and O–H groups in total. The van der Waals surface area contributed by atoms with Crippen LogP contribution >= 0.6 is 7.82 Å². The second-order valence-corrected chi connectivity index (χ2v) is 19.1. The summed E-state index contributed by atoms with van der Waals surface area (Å²) in [5, 5.41) is 8.92. The molecule has 0 radical (unpaired) electrons. The molecule has 0 aliphatic carbocycles. The zero-order valence-electron chi connectivity index (χ0n) is 40.9. The maximum atomic E-state index is 12.7. The number of carbonyl (C=O) groups is 3. The highest BCUT2D eigenvalue weighted by molar-refractivity contribution is 7.47. The van der Waals surface area contributed by atoms with Gasteiger partial charge in [-0.3, -0.25) is 23.4 Å². The molecular weight excluding hydrogens is 830 g/mol. The Labute approximate surface area is 391 Å². The van der Waals surface area contributed by atoms with Crippen LogP contribution in [0.3, 0.4) is 0 Å². The number of nitrogens with two attached hydrogens (primary N) is 1. The van der Waals surface area contributed by atoms with E-state index in [4.69, 9.17) is 24.8 Å². The Kier molecular flexibility index (Phi) is 45.5. The maximum Gasteiger partial charge on any atom is 0.472 e. The summed E-state index contributed by atoms with van der Waals surface area (Å²) in [7, 11) is -4.73. The predicted octanol–water partition coefficient (Wildman–Crippen LogP) is 14.7. The number of carboxylic acid groups (broad SMARTS) is 1. The van der Waals surface area contributed by atoms with E-state index < -0.39 is 51.1 Å². The van der Waals surface area contributed by atoms with Crippen molar-refractivity contribution >= 4 is 25.7 Å². The first-order chi connectivity index (χ1) is 31.1.